The second-order valence-electron chi connectivity index (χ2n) is 8.52. The van der Waals surface area contributed by atoms with Gasteiger partial charge in [0.2, 0.25) is 15.7 Å². The first-order valence-electron chi connectivity index (χ1n) is 10.9. The zero-order chi connectivity index (χ0) is 27.1. The molecule has 0 atom stereocenters. The van der Waals surface area contributed by atoms with Crippen molar-refractivity contribution in [1.82, 2.24) is 25.0 Å². The molecule has 0 spiro atoms. The van der Waals surface area contributed by atoms with Gasteiger partial charge in [-0.1, -0.05) is 17.7 Å². The molecule has 0 amide bonds. The van der Waals surface area contributed by atoms with Crippen LogP contribution in [0.2, 0.25) is 0 Å². The fourth-order valence-electron chi connectivity index (χ4n) is 3.89. The van der Waals surface area contributed by atoms with Crippen molar-refractivity contribution in [2.24, 2.45) is 7.05 Å². The van der Waals surface area contributed by atoms with E-state index in [1.54, 1.807) is 13.8 Å². The molecule has 1 aromatic carbocycles. The Morgan fingerprint density at radius 1 is 1.08 bits per heavy atom. The number of carbonyl (C=O) groups excluding carboxylic acids is 1. The van der Waals surface area contributed by atoms with Crippen LogP contribution in [0.1, 0.15) is 32.7 Å². The maximum atomic E-state index is 13.2. The van der Waals surface area contributed by atoms with Crippen molar-refractivity contribution in [1.29, 1.82) is 0 Å². The van der Waals surface area contributed by atoms with Gasteiger partial charge in [0.25, 0.3) is 0 Å². The molecule has 0 aliphatic heterocycles. The Labute approximate surface area is 210 Å². The van der Waals surface area contributed by atoms with Gasteiger partial charge in [-0.25, -0.2) is 13.4 Å². The lowest BCUT2D eigenvalue weighted by Crippen LogP contribution is -2.18. The molecule has 13 heteroatoms. The highest BCUT2D eigenvalue weighted by Gasteiger charge is 2.35. The van der Waals surface area contributed by atoms with Gasteiger partial charge in [-0.3, -0.25) is 14.6 Å². The number of halogens is 3. The molecule has 0 radical (unpaired) electrons. The van der Waals surface area contributed by atoms with Crippen LogP contribution in [0.25, 0.3) is 11.4 Å². The fraction of sp³-hybridized carbons (Fsp3) is 0.250. The summed E-state index contributed by atoms with van der Waals surface area (Å²) in [5.74, 6) is -1.57. The van der Waals surface area contributed by atoms with Gasteiger partial charge in [-0.15, -0.1) is 0 Å². The molecule has 1 N–H and O–H groups in total. The minimum Gasteiger partial charge on any atom is -0.438 e. The highest BCUT2D eigenvalue weighted by atomic mass is 32.2. The highest BCUT2D eigenvalue weighted by molar-refractivity contribution is 7.92. The van der Waals surface area contributed by atoms with Crippen LogP contribution in [0.4, 0.5) is 13.2 Å². The molecule has 0 bridgehead atoms. The fourth-order valence-corrected chi connectivity index (χ4v) is 5.00. The Balaban J connectivity index is 1.81. The number of hydrogen-bond donors (Lipinski definition) is 1. The van der Waals surface area contributed by atoms with E-state index in [2.05, 4.69) is 20.3 Å². The lowest BCUT2D eigenvalue weighted by molar-refractivity contribution is -0.141. The minimum atomic E-state index is -4.66. The lowest BCUT2D eigenvalue weighted by atomic mass is 10.1. The summed E-state index contributed by atoms with van der Waals surface area (Å²) in [5, 5.41) is 9.19. The number of rotatable bonds is 7. The predicted molar refractivity (Wildman–Crippen MR) is 127 cm³/mol. The van der Waals surface area contributed by atoms with E-state index >= 15 is 0 Å². The van der Waals surface area contributed by atoms with Crippen molar-refractivity contribution < 1.29 is 31.1 Å². The van der Waals surface area contributed by atoms with E-state index in [9.17, 15) is 26.4 Å². The molecule has 9 nitrogen and oxygen atoms in total. The first-order chi connectivity index (χ1) is 17.3. The van der Waals surface area contributed by atoms with Gasteiger partial charge in [0, 0.05) is 7.05 Å². The molecular formula is C24H22F3N5O4S. The predicted octanol–water partition coefficient (Wildman–Crippen LogP) is 4.60. The summed E-state index contributed by atoms with van der Waals surface area (Å²) in [5.41, 5.74) is 1.26. The topological polar surface area (TPSA) is 120 Å². The van der Waals surface area contributed by atoms with Gasteiger partial charge < -0.3 is 4.74 Å². The third kappa shape index (κ3) is 5.40. The molecule has 0 saturated carbocycles. The number of benzene rings is 1. The summed E-state index contributed by atoms with van der Waals surface area (Å²) in [6.45, 7) is 5.48. The van der Waals surface area contributed by atoms with Crippen LogP contribution in [0.5, 0.6) is 11.6 Å². The van der Waals surface area contributed by atoms with E-state index in [0.717, 1.165) is 27.4 Å². The maximum absolute atomic E-state index is 13.2. The summed E-state index contributed by atoms with van der Waals surface area (Å²) < 4.78 is 71.9. The van der Waals surface area contributed by atoms with Gasteiger partial charge >= 0.3 is 6.18 Å². The maximum Gasteiger partial charge on any atom is 0.435 e. The van der Waals surface area contributed by atoms with Gasteiger partial charge in [0.05, 0.1) is 23.1 Å². The number of carbonyl (C=O) groups is 1. The number of nitrogens with zero attached hydrogens (tertiary/aromatic N) is 4. The number of sulfone groups is 1. The van der Waals surface area contributed by atoms with E-state index in [1.165, 1.54) is 31.4 Å². The molecule has 0 aliphatic rings. The molecule has 0 aliphatic carbocycles. The number of hydrogen-bond acceptors (Lipinski definition) is 7. The smallest absolute Gasteiger partial charge is 0.435 e. The Bertz CT molecular complexity index is 1570. The highest BCUT2D eigenvalue weighted by Crippen LogP contribution is 2.35. The Morgan fingerprint density at radius 2 is 1.76 bits per heavy atom. The van der Waals surface area contributed by atoms with Crippen LogP contribution < -0.4 is 4.74 Å². The first kappa shape index (κ1) is 26.1. The molecule has 3 aromatic heterocycles. The SMILES string of the molecule is Cc1cc(C)c(Oc2nc(-c3cc(C(F)(F)F)nn3C)ccc2C(=O)CS(=O)(=O)c2ccn[nH]2)c(C)c1. The molecule has 0 unspecified atom stereocenters. The average Bonchev–Trinajstić information content (AvgIpc) is 3.46. The molecule has 0 saturated heterocycles. The van der Waals surface area contributed by atoms with Crippen molar-refractivity contribution in [2.45, 2.75) is 32.0 Å². The van der Waals surface area contributed by atoms with Crippen LogP contribution in [0.15, 0.2) is 47.6 Å². The number of aromatic nitrogens is 5. The zero-order valence-corrected chi connectivity index (χ0v) is 21.0. The van der Waals surface area contributed by atoms with Gasteiger partial charge in [-0.05, 0) is 56.2 Å². The summed E-state index contributed by atoms with van der Waals surface area (Å²) in [6, 6.07) is 8.36. The largest absolute Gasteiger partial charge is 0.438 e. The number of aryl methyl sites for hydroxylation is 4. The number of Topliss-reactive ketones (excluding diaryl/α,β-unsaturated/α-hetero) is 1. The van der Waals surface area contributed by atoms with Crippen LogP contribution in [0, 0.1) is 20.8 Å². The number of alkyl halides is 3. The third-order valence-electron chi connectivity index (χ3n) is 5.53. The molecule has 4 aromatic rings. The van der Waals surface area contributed by atoms with Crippen LogP contribution >= 0.6 is 0 Å². The second-order valence-corrected chi connectivity index (χ2v) is 10.5. The molecule has 37 heavy (non-hydrogen) atoms. The monoisotopic (exact) mass is 533 g/mol. The van der Waals surface area contributed by atoms with Gasteiger partial charge in [-0.2, -0.15) is 23.4 Å². The van der Waals surface area contributed by atoms with Crippen LogP contribution in [0.3, 0.4) is 0 Å². The Kier molecular flexibility index (Phi) is 6.67. The van der Waals surface area contributed by atoms with E-state index < -0.39 is 33.2 Å². The van der Waals surface area contributed by atoms with Crippen molar-refractivity contribution in [3.8, 4) is 23.0 Å². The number of aromatic amines is 1. The standard InChI is InChI=1S/C24H22F3N5O4S/c1-13-9-14(2)22(15(3)10-13)36-23-16(19(33)12-37(34,35)21-7-8-28-30-21)5-6-17(29-23)18-11-20(24(25,26)27)31-32(18)4/h5-11H,12H2,1-4H3,(H,28,30). The van der Waals surface area contributed by atoms with E-state index in [-0.39, 0.29) is 27.9 Å². The van der Waals surface area contributed by atoms with Crippen molar-refractivity contribution in [2.75, 3.05) is 5.75 Å². The molecular weight excluding hydrogens is 511 g/mol. The number of ketones is 1. The summed E-state index contributed by atoms with van der Waals surface area (Å²) in [7, 11) is -2.72. The zero-order valence-electron chi connectivity index (χ0n) is 20.2. The minimum absolute atomic E-state index is 0.0265. The van der Waals surface area contributed by atoms with Gasteiger partial charge in [0.1, 0.15) is 11.5 Å². The summed E-state index contributed by atoms with van der Waals surface area (Å²) in [6.07, 6.45) is -3.42. The number of H-pyrrole nitrogens is 1. The third-order valence-corrected chi connectivity index (χ3v) is 7.07. The number of nitrogens with one attached hydrogen (secondary N) is 1. The average molecular weight is 534 g/mol. The van der Waals surface area contributed by atoms with Crippen LogP contribution in [-0.4, -0.2) is 44.9 Å². The lowest BCUT2D eigenvalue weighted by Gasteiger charge is -2.15. The molecule has 4 rings (SSSR count). The van der Waals surface area contributed by atoms with Gasteiger partial charge in [0.15, 0.2) is 16.5 Å². The van der Waals surface area contributed by atoms with Crippen molar-refractivity contribution in [3.63, 3.8) is 0 Å². The first-order valence-corrected chi connectivity index (χ1v) is 12.5. The molecule has 0 fully saturated rings. The number of pyridine rings is 1. The van der Waals surface area contributed by atoms with Crippen LogP contribution in [-0.2, 0) is 23.1 Å². The normalized spacial score (nSPS) is 12.1. The van der Waals surface area contributed by atoms with E-state index in [4.69, 9.17) is 4.74 Å². The summed E-state index contributed by atoms with van der Waals surface area (Å²) in [4.78, 5) is 17.5. The van der Waals surface area contributed by atoms with E-state index in [1.807, 2.05) is 19.1 Å². The molecule has 3 heterocycles. The quantitative estimate of drug-likeness (QED) is 0.345. The van der Waals surface area contributed by atoms with Crippen molar-refractivity contribution in [3.05, 3.63) is 70.5 Å². The van der Waals surface area contributed by atoms with Crippen molar-refractivity contribution >= 4 is 15.6 Å². The Hall–Kier alpha value is -4.00. The Morgan fingerprint density at radius 3 is 2.32 bits per heavy atom. The molecule has 194 valence electrons. The van der Waals surface area contributed by atoms with E-state index in [0.29, 0.717) is 5.75 Å². The summed E-state index contributed by atoms with van der Waals surface area (Å²) >= 11 is 0. The second kappa shape index (κ2) is 9.47. The number of ether oxygens (including phenoxy) is 1.